The summed E-state index contributed by atoms with van der Waals surface area (Å²) in [5.74, 6) is 0. The second-order valence-electron chi connectivity index (χ2n) is 6.51. The van der Waals surface area contributed by atoms with Gasteiger partial charge in [-0.1, -0.05) is 88.3 Å². The lowest BCUT2D eigenvalue weighted by molar-refractivity contribution is 0.108. The van der Waals surface area contributed by atoms with E-state index in [9.17, 15) is 0 Å². The average Bonchev–Trinajstić information content (AvgIpc) is 2.48. The summed E-state index contributed by atoms with van der Waals surface area (Å²) in [6, 6.07) is 20.4. The van der Waals surface area contributed by atoms with Crippen molar-refractivity contribution in [2.75, 3.05) is 0 Å². The van der Waals surface area contributed by atoms with Crippen molar-refractivity contribution in [3.63, 3.8) is 0 Å². The molecule has 0 saturated heterocycles. The highest BCUT2D eigenvalue weighted by Gasteiger charge is 2.37. The molecule has 0 fully saturated rings. The highest BCUT2D eigenvalue weighted by atomic mass is 14.4. The molecule has 0 nitrogen and oxygen atoms in total. The normalized spacial score (nSPS) is 15.2. The number of hydrogen-bond acceptors (Lipinski definition) is 0. The molecule has 0 atom stereocenters. The van der Waals surface area contributed by atoms with E-state index in [1.54, 1.807) is 0 Å². The molecule has 0 N–H and O–H groups in total. The predicted molar refractivity (Wildman–Crippen MR) is 87.9 cm³/mol. The van der Waals surface area contributed by atoms with E-state index in [0.717, 1.165) is 12.8 Å². The molecule has 20 heavy (non-hydrogen) atoms. The molecule has 2 aromatic rings. The molecule has 0 spiro atoms. The van der Waals surface area contributed by atoms with Gasteiger partial charge in [0.25, 0.3) is 0 Å². The molecule has 0 saturated carbocycles. The van der Waals surface area contributed by atoms with Gasteiger partial charge in [-0.25, -0.2) is 0 Å². The fourth-order valence-electron chi connectivity index (χ4n) is 2.60. The van der Waals surface area contributed by atoms with Gasteiger partial charge in [-0.3, -0.25) is 0 Å². The van der Waals surface area contributed by atoms with Crippen molar-refractivity contribution in [2.45, 2.75) is 40.5 Å². The van der Waals surface area contributed by atoms with Crippen molar-refractivity contribution < 1.29 is 4.11 Å². The highest BCUT2D eigenvalue weighted by molar-refractivity contribution is 5.21. The van der Waals surface area contributed by atoms with Crippen LogP contribution in [-0.4, -0.2) is 0 Å². The first-order valence-corrected chi connectivity index (χ1v) is 7.24. The third kappa shape index (κ3) is 3.50. The van der Waals surface area contributed by atoms with Gasteiger partial charge in [0.15, 0.2) is 0 Å². The fourth-order valence-corrected chi connectivity index (χ4v) is 2.60. The average molecular weight is 269 g/mol. The van der Waals surface area contributed by atoms with Crippen LogP contribution in [0.2, 0.25) is 0 Å². The summed E-state index contributed by atoms with van der Waals surface area (Å²) in [4.78, 5) is 0. The zero-order valence-electron chi connectivity index (χ0n) is 15.7. The summed E-state index contributed by atoms with van der Waals surface area (Å²) < 4.78 is 24.2. The standard InChI is InChI=1S/C20H26/c1-19(2,3)20(4,15-17-11-7-5-8-12-17)16-18-13-9-6-10-14-18/h5-14H,15-16H2,1-4H3/i1D3. The molecule has 0 aliphatic heterocycles. The van der Waals surface area contributed by atoms with Gasteiger partial charge in [0.1, 0.15) is 0 Å². The summed E-state index contributed by atoms with van der Waals surface area (Å²) in [6.07, 6.45) is 1.49. The molecule has 106 valence electrons. The monoisotopic (exact) mass is 269 g/mol. The molecular formula is C20H26. The summed E-state index contributed by atoms with van der Waals surface area (Å²) in [5, 5.41) is 0. The Morgan fingerprint density at radius 2 is 1.15 bits per heavy atom. The minimum atomic E-state index is -2.01. The topological polar surface area (TPSA) is 0 Å². The first-order chi connectivity index (χ1) is 10.7. The third-order valence-corrected chi connectivity index (χ3v) is 4.38. The highest BCUT2D eigenvalue weighted by Crippen LogP contribution is 2.43. The van der Waals surface area contributed by atoms with Gasteiger partial charge in [-0.2, -0.15) is 0 Å². The Hall–Kier alpha value is -1.56. The van der Waals surface area contributed by atoms with Gasteiger partial charge in [-0.15, -0.1) is 0 Å². The van der Waals surface area contributed by atoms with Gasteiger partial charge in [0.2, 0.25) is 0 Å². The van der Waals surface area contributed by atoms with Gasteiger partial charge < -0.3 is 0 Å². The largest absolute Gasteiger partial charge is 0.0622 e. The van der Waals surface area contributed by atoms with Gasteiger partial charge in [-0.05, 0) is 34.8 Å². The summed E-state index contributed by atoms with van der Waals surface area (Å²) in [6.45, 7) is 3.86. The number of rotatable bonds is 4. The molecule has 0 bridgehead atoms. The molecule has 2 rings (SSSR count). The van der Waals surface area contributed by atoms with Crippen molar-refractivity contribution in [1.29, 1.82) is 0 Å². The first kappa shape index (κ1) is 11.1. The molecule has 0 heteroatoms. The van der Waals surface area contributed by atoms with Crippen LogP contribution in [0.15, 0.2) is 60.7 Å². The van der Waals surface area contributed by atoms with Crippen molar-refractivity contribution in [2.24, 2.45) is 10.8 Å². The van der Waals surface area contributed by atoms with Crippen LogP contribution in [-0.2, 0) is 12.8 Å². The molecular weight excluding hydrogens is 240 g/mol. The molecule has 0 aliphatic carbocycles. The van der Waals surface area contributed by atoms with Crippen LogP contribution in [0.25, 0.3) is 0 Å². The Kier molecular flexibility index (Phi) is 3.25. The van der Waals surface area contributed by atoms with E-state index in [2.05, 4.69) is 31.2 Å². The van der Waals surface area contributed by atoms with Crippen LogP contribution in [0.4, 0.5) is 0 Å². The van der Waals surface area contributed by atoms with Crippen LogP contribution < -0.4 is 0 Å². The van der Waals surface area contributed by atoms with E-state index in [1.807, 2.05) is 50.2 Å². The zero-order chi connectivity index (χ0) is 17.1. The Bertz CT molecular complexity index is 571. The van der Waals surface area contributed by atoms with Crippen LogP contribution in [0, 0.1) is 10.8 Å². The Morgan fingerprint density at radius 1 is 0.750 bits per heavy atom. The first-order valence-electron chi connectivity index (χ1n) is 8.74. The SMILES string of the molecule is [2H]C([2H])([2H])C(C)(C)C(C)(Cc1ccccc1)Cc1ccccc1. The van der Waals surface area contributed by atoms with Gasteiger partial charge in [0.05, 0.1) is 0 Å². The lowest BCUT2D eigenvalue weighted by atomic mass is 9.62. The van der Waals surface area contributed by atoms with Crippen LogP contribution in [0.1, 0.15) is 42.9 Å². The number of hydrogen-bond donors (Lipinski definition) is 0. The third-order valence-electron chi connectivity index (χ3n) is 4.38. The van der Waals surface area contributed by atoms with E-state index in [1.165, 1.54) is 11.1 Å². The lowest BCUT2D eigenvalue weighted by Gasteiger charge is -2.43. The van der Waals surface area contributed by atoms with E-state index >= 15 is 0 Å². The molecule has 0 amide bonds. The summed E-state index contributed by atoms with van der Waals surface area (Å²) in [5.41, 5.74) is 1.19. The van der Waals surface area contributed by atoms with Gasteiger partial charge >= 0.3 is 0 Å². The van der Waals surface area contributed by atoms with Crippen LogP contribution >= 0.6 is 0 Å². The van der Waals surface area contributed by atoms with Crippen molar-refractivity contribution in [3.05, 3.63) is 71.8 Å². The van der Waals surface area contributed by atoms with E-state index < -0.39 is 12.3 Å². The predicted octanol–water partition coefficient (Wildman–Crippen LogP) is 5.52. The van der Waals surface area contributed by atoms with E-state index in [0.29, 0.717) is 0 Å². The van der Waals surface area contributed by atoms with Crippen LogP contribution in [0.5, 0.6) is 0 Å². The minimum absolute atomic E-state index is 0.374. The fraction of sp³-hybridized carbons (Fsp3) is 0.400. The maximum atomic E-state index is 8.06. The zero-order valence-corrected chi connectivity index (χ0v) is 12.7. The van der Waals surface area contributed by atoms with Crippen molar-refractivity contribution in [3.8, 4) is 0 Å². The summed E-state index contributed by atoms with van der Waals surface area (Å²) in [7, 11) is 0. The van der Waals surface area contributed by atoms with Crippen molar-refractivity contribution in [1.82, 2.24) is 0 Å². The van der Waals surface area contributed by atoms with E-state index in [-0.39, 0.29) is 5.41 Å². The molecule has 0 heterocycles. The minimum Gasteiger partial charge on any atom is -0.0622 e. The molecule has 0 aromatic heterocycles. The second kappa shape index (κ2) is 5.83. The second-order valence-corrected chi connectivity index (χ2v) is 6.51. The molecule has 0 radical (unpaired) electrons. The van der Waals surface area contributed by atoms with Crippen LogP contribution in [0.3, 0.4) is 0 Å². The van der Waals surface area contributed by atoms with E-state index in [4.69, 9.17) is 4.11 Å². The smallest absolute Gasteiger partial charge is 0.0236 e. The Morgan fingerprint density at radius 3 is 1.50 bits per heavy atom. The molecule has 0 aliphatic rings. The number of benzene rings is 2. The molecule has 2 aromatic carbocycles. The maximum Gasteiger partial charge on any atom is 0.0236 e. The Balaban J connectivity index is 2.41. The van der Waals surface area contributed by atoms with Crippen molar-refractivity contribution >= 4 is 0 Å². The Labute approximate surface area is 128 Å². The van der Waals surface area contributed by atoms with Gasteiger partial charge in [0, 0.05) is 4.11 Å². The summed E-state index contributed by atoms with van der Waals surface area (Å²) >= 11 is 0. The lowest BCUT2D eigenvalue weighted by Crippen LogP contribution is -2.37. The molecule has 0 unspecified atom stereocenters. The maximum absolute atomic E-state index is 8.06. The quantitative estimate of drug-likeness (QED) is 0.685.